The molecule has 0 aliphatic carbocycles. The highest BCUT2D eigenvalue weighted by Gasteiger charge is 2.26. The smallest absolute Gasteiger partial charge is 0.328 e. The van der Waals surface area contributed by atoms with Crippen LogP contribution in [0.15, 0.2) is 85.1 Å². The Kier molecular flexibility index (Phi) is 17.8. The van der Waals surface area contributed by atoms with Crippen LogP contribution >= 0.6 is 0 Å². The Hall–Kier alpha value is -3.41. The fraction of sp³-hybridized carbons (Fsp3) is 0.433. The Balaban J connectivity index is 2.07. The number of rotatable bonds is 17. The second kappa shape index (κ2) is 20.9. The molecule has 0 saturated carbocycles. The summed E-state index contributed by atoms with van der Waals surface area (Å²) < 4.78 is 0. The van der Waals surface area contributed by atoms with Crippen LogP contribution in [-0.4, -0.2) is 46.9 Å². The lowest BCUT2D eigenvalue weighted by Crippen LogP contribution is -2.37. The van der Waals surface area contributed by atoms with Gasteiger partial charge in [-0.05, 0) is 51.4 Å². The molecule has 1 aliphatic rings. The van der Waals surface area contributed by atoms with Gasteiger partial charge in [0.1, 0.15) is 0 Å². The number of amides is 2. The van der Waals surface area contributed by atoms with Gasteiger partial charge in [-0.2, -0.15) is 0 Å². The normalized spacial score (nSPS) is 16.9. The van der Waals surface area contributed by atoms with Gasteiger partial charge in [0.25, 0.3) is 0 Å². The molecule has 2 amide bonds. The fourth-order valence-corrected chi connectivity index (χ4v) is 3.51. The lowest BCUT2D eigenvalue weighted by Gasteiger charge is -2.16. The third-order valence-corrected chi connectivity index (χ3v) is 5.39. The van der Waals surface area contributed by atoms with Crippen molar-refractivity contribution in [1.29, 1.82) is 0 Å². The third kappa shape index (κ3) is 17.1. The van der Waals surface area contributed by atoms with Gasteiger partial charge in [-0.25, -0.2) is 4.79 Å². The van der Waals surface area contributed by atoms with Gasteiger partial charge in [-0.1, -0.05) is 79.8 Å². The van der Waals surface area contributed by atoms with E-state index in [2.05, 4.69) is 79.1 Å². The molecule has 2 N–H and O–H groups in total. The van der Waals surface area contributed by atoms with Gasteiger partial charge in [0.15, 0.2) is 0 Å². The predicted octanol–water partition coefficient (Wildman–Crippen LogP) is 5.82. The molecule has 1 saturated heterocycles. The Labute approximate surface area is 216 Å². The first-order valence-corrected chi connectivity index (χ1v) is 12.9. The van der Waals surface area contributed by atoms with Crippen LogP contribution in [0, 0.1) is 0 Å². The van der Waals surface area contributed by atoms with Crippen molar-refractivity contribution in [3.8, 4) is 0 Å². The largest absolute Gasteiger partial charge is 0.478 e. The van der Waals surface area contributed by atoms with E-state index in [1.165, 1.54) is 0 Å². The van der Waals surface area contributed by atoms with Gasteiger partial charge in [0.2, 0.25) is 11.8 Å². The van der Waals surface area contributed by atoms with E-state index >= 15 is 0 Å². The molecule has 1 heterocycles. The molecule has 0 radical (unpaired) electrons. The van der Waals surface area contributed by atoms with E-state index < -0.39 is 11.9 Å². The average molecular weight is 495 g/mol. The van der Waals surface area contributed by atoms with Crippen LogP contribution in [0.2, 0.25) is 0 Å². The lowest BCUT2D eigenvalue weighted by atomic mass is 10.2. The Morgan fingerprint density at radius 2 is 1.28 bits per heavy atom. The summed E-state index contributed by atoms with van der Waals surface area (Å²) >= 11 is 0. The highest BCUT2D eigenvalue weighted by molar-refractivity contribution is 5.94. The number of carboxylic acids is 1. The first-order valence-electron chi connectivity index (χ1n) is 12.9. The number of nitrogens with zero attached hydrogens (tertiary/aromatic N) is 1. The maximum atomic E-state index is 12.3. The second-order valence-electron chi connectivity index (χ2n) is 8.46. The van der Waals surface area contributed by atoms with Crippen LogP contribution in [0.3, 0.4) is 0 Å². The molecule has 6 nitrogen and oxygen atoms in total. The monoisotopic (exact) mass is 494 g/mol. The Bertz CT molecular complexity index is 862. The number of nitrogens with one attached hydrogen (secondary N) is 1. The summed E-state index contributed by atoms with van der Waals surface area (Å²) in [5.74, 6) is -1.54. The van der Waals surface area contributed by atoms with Crippen molar-refractivity contribution >= 4 is 17.8 Å². The highest BCUT2D eigenvalue weighted by atomic mass is 16.4. The van der Waals surface area contributed by atoms with E-state index in [4.69, 9.17) is 5.11 Å². The summed E-state index contributed by atoms with van der Waals surface area (Å²) in [5, 5.41) is 11.3. The molecule has 1 atom stereocenters. The number of carbonyl (C=O) groups excluding carboxylic acids is 2. The molecule has 6 heteroatoms. The molecule has 0 aromatic carbocycles. The number of allylic oxidation sites excluding steroid dienone is 12. The van der Waals surface area contributed by atoms with Crippen molar-refractivity contribution in [3.63, 3.8) is 0 Å². The number of likely N-dealkylation sites (tertiary alicyclic amines) is 1. The molecule has 0 aromatic rings. The van der Waals surface area contributed by atoms with Gasteiger partial charge in [-0.15, -0.1) is 0 Å². The summed E-state index contributed by atoms with van der Waals surface area (Å²) in [5.41, 5.74) is 0. The number of carboxylic acid groups (broad SMARTS) is 1. The topological polar surface area (TPSA) is 86.7 Å². The fourth-order valence-electron chi connectivity index (χ4n) is 3.51. The van der Waals surface area contributed by atoms with Crippen LogP contribution in [-0.2, 0) is 14.4 Å². The highest BCUT2D eigenvalue weighted by Crippen LogP contribution is 2.12. The molecule has 1 unspecified atom stereocenters. The average Bonchev–Trinajstić information content (AvgIpc) is 3.32. The van der Waals surface area contributed by atoms with Gasteiger partial charge < -0.3 is 15.3 Å². The van der Waals surface area contributed by atoms with Crippen LogP contribution in [0.4, 0.5) is 0 Å². The number of aliphatic carboxylic acids is 1. The summed E-state index contributed by atoms with van der Waals surface area (Å²) in [6.45, 7) is 3.22. The quantitative estimate of drug-likeness (QED) is 0.197. The zero-order chi connectivity index (χ0) is 26.3. The van der Waals surface area contributed by atoms with Gasteiger partial charge in [0, 0.05) is 37.7 Å². The molecule has 1 aliphatic heterocycles. The first-order chi connectivity index (χ1) is 17.5. The first kappa shape index (κ1) is 30.6. The summed E-state index contributed by atoms with van der Waals surface area (Å²) in [4.78, 5) is 36.2. The molecule has 196 valence electrons. The van der Waals surface area contributed by atoms with Gasteiger partial charge in [0.05, 0.1) is 0 Å². The molecule has 36 heavy (non-hydrogen) atoms. The Morgan fingerprint density at radius 1 is 0.778 bits per heavy atom. The van der Waals surface area contributed by atoms with E-state index in [1.807, 2.05) is 6.08 Å². The molecule has 0 aromatic heterocycles. The van der Waals surface area contributed by atoms with E-state index in [9.17, 15) is 14.4 Å². The van der Waals surface area contributed by atoms with Crippen molar-refractivity contribution in [2.75, 3.05) is 13.1 Å². The van der Waals surface area contributed by atoms with E-state index in [0.29, 0.717) is 32.4 Å². The van der Waals surface area contributed by atoms with Crippen molar-refractivity contribution < 1.29 is 19.5 Å². The minimum Gasteiger partial charge on any atom is -0.478 e. The van der Waals surface area contributed by atoms with Crippen LogP contribution < -0.4 is 5.32 Å². The molecular formula is C30H42N2O4. The summed E-state index contributed by atoms with van der Waals surface area (Å²) in [6.07, 6.45) is 35.3. The summed E-state index contributed by atoms with van der Waals surface area (Å²) in [7, 11) is 0. The maximum absolute atomic E-state index is 12.3. The number of hydrogen-bond donors (Lipinski definition) is 2. The van der Waals surface area contributed by atoms with Gasteiger partial charge >= 0.3 is 5.97 Å². The van der Waals surface area contributed by atoms with Crippen molar-refractivity contribution in [2.24, 2.45) is 0 Å². The van der Waals surface area contributed by atoms with E-state index in [-0.39, 0.29) is 11.9 Å². The zero-order valence-electron chi connectivity index (χ0n) is 21.6. The van der Waals surface area contributed by atoms with Gasteiger partial charge in [-0.3, -0.25) is 9.59 Å². The van der Waals surface area contributed by atoms with Crippen LogP contribution in [0.1, 0.15) is 64.7 Å². The zero-order valence-corrected chi connectivity index (χ0v) is 21.6. The van der Waals surface area contributed by atoms with Crippen LogP contribution in [0.5, 0.6) is 0 Å². The standard InChI is InChI=1S/C30H42N2O4/c1-2-3-4-5-6-7-8-9-10-11-12-13-14-15-16-17-18-19-20-21-29(34)32-25-24-27(26-32)31-28(33)22-23-30(35)36/h3-4,6-7,9-10,12-13,15-16,18-19,22-23,27H,2,5,8,11,14,17,20-21,24-26H2,1H3,(H,31,33)(H,35,36). The molecule has 0 bridgehead atoms. The minimum absolute atomic E-state index is 0.0763. The molecular weight excluding hydrogens is 452 g/mol. The molecule has 1 rings (SSSR count). The minimum atomic E-state index is -1.16. The number of carbonyl (C=O) groups is 3. The second-order valence-corrected chi connectivity index (χ2v) is 8.46. The van der Waals surface area contributed by atoms with Crippen molar-refractivity contribution in [1.82, 2.24) is 10.2 Å². The molecule has 1 fully saturated rings. The van der Waals surface area contributed by atoms with E-state index in [0.717, 1.165) is 50.7 Å². The predicted molar refractivity (Wildman–Crippen MR) is 147 cm³/mol. The van der Waals surface area contributed by atoms with Crippen molar-refractivity contribution in [3.05, 3.63) is 85.1 Å². The maximum Gasteiger partial charge on any atom is 0.328 e. The van der Waals surface area contributed by atoms with Crippen LogP contribution in [0.25, 0.3) is 0 Å². The Morgan fingerprint density at radius 3 is 1.78 bits per heavy atom. The lowest BCUT2D eigenvalue weighted by molar-refractivity contribution is -0.132. The van der Waals surface area contributed by atoms with Crippen molar-refractivity contribution in [2.45, 2.75) is 70.8 Å². The van der Waals surface area contributed by atoms with E-state index in [1.54, 1.807) is 4.90 Å². The SMILES string of the molecule is CCC=CCC=CCC=CCC=CCC=CCC=CCCC(=O)N1CCC(NC(=O)C=CC(=O)O)C1. The summed E-state index contributed by atoms with van der Waals surface area (Å²) in [6, 6.07) is -0.134. The third-order valence-electron chi connectivity index (χ3n) is 5.39. The number of hydrogen-bond acceptors (Lipinski definition) is 3. The molecule has 0 spiro atoms.